The minimum absolute atomic E-state index is 0.204. The number of nitrogens with zero attached hydrogens (tertiary/aromatic N) is 3. The largest absolute Gasteiger partial charge is 0.337 e. The monoisotopic (exact) mass is 307 g/mol. The molecule has 0 spiro atoms. The first-order valence-corrected chi connectivity index (χ1v) is 7.90. The van der Waals surface area contributed by atoms with Crippen LogP contribution in [-0.2, 0) is 6.54 Å². The van der Waals surface area contributed by atoms with Crippen molar-refractivity contribution in [3.63, 3.8) is 0 Å². The van der Waals surface area contributed by atoms with E-state index in [0.29, 0.717) is 12.4 Å². The van der Waals surface area contributed by atoms with Gasteiger partial charge in [-0.1, -0.05) is 13.8 Å². The molecule has 0 saturated heterocycles. The van der Waals surface area contributed by atoms with Crippen molar-refractivity contribution in [2.45, 2.75) is 39.7 Å². The summed E-state index contributed by atoms with van der Waals surface area (Å²) in [5, 5.41) is 10.9. The van der Waals surface area contributed by atoms with Crippen molar-refractivity contribution in [3.05, 3.63) is 28.3 Å². The number of amides is 2. The fraction of sp³-hybridized carbons (Fsp3) is 0.500. The minimum Gasteiger partial charge on any atom is -0.337 e. The number of thiazole rings is 1. The highest BCUT2D eigenvalue weighted by molar-refractivity contribution is 7.11. The second kappa shape index (κ2) is 7.21. The van der Waals surface area contributed by atoms with Crippen LogP contribution in [0, 0.1) is 6.92 Å². The SMILES string of the molecule is CCCn1nccc1NC(=O)NCC(C)c1ncc(C)s1. The number of hydrogen-bond donors (Lipinski definition) is 2. The Balaban J connectivity index is 1.83. The second-order valence-corrected chi connectivity index (χ2v) is 6.25. The van der Waals surface area contributed by atoms with E-state index in [1.165, 1.54) is 4.88 Å². The van der Waals surface area contributed by atoms with Crippen LogP contribution in [0.1, 0.15) is 36.1 Å². The Bertz CT molecular complexity index is 592. The van der Waals surface area contributed by atoms with E-state index in [-0.39, 0.29) is 11.9 Å². The van der Waals surface area contributed by atoms with Crippen LogP contribution < -0.4 is 10.6 Å². The van der Waals surface area contributed by atoms with E-state index in [1.54, 1.807) is 28.3 Å². The minimum atomic E-state index is -0.215. The Labute approximate surface area is 128 Å². The molecule has 2 rings (SSSR count). The fourth-order valence-corrected chi connectivity index (χ4v) is 2.75. The third-order valence-electron chi connectivity index (χ3n) is 3.02. The number of carbonyl (C=O) groups excluding carboxylic acids is 1. The maximum atomic E-state index is 11.9. The lowest BCUT2D eigenvalue weighted by Crippen LogP contribution is -2.32. The van der Waals surface area contributed by atoms with E-state index in [1.807, 2.05) is 13.1 Å². The molecule has 0 bridgehead atoms. The summed E-state index contributed by atoms with van der Waals surface area (Å²) < 4.78 is 1.78. The molecule has 2 heterocycles. The third kappa shape index (κ3) is 4.29. The molecule has 1 atom stereocenters. The van der Waals surface area contributed by atoms with Gasteiger partial charge in [0, 0.05) is 36.1 Å². The lowest BCUT2D eigenvalue weighted by molar-refractivity contribution is 0.251. The highest BCUT2D eigenvalue weighted by Crippen LogP contribution is 2.20. The van der Waals surface area contributed by atoms with E-state index < -0.39 is 0 Å². The predicted molar refractivity (Wildman–Crippen MR) is 84.8 cm³/mol. The number of nitrogens with one attached hydrogen (secondary N) is 2. The van der Waals surface area contributed by atoms with Crippen molar-refractivity contribution in [2.75, 3.05) is 11.9 Å². The molecule has 21 heavy (non-hydrogen) atoms. The highest BCUT2D eigenvalue weighted by atomic mass is 32.1. The first kappa shape index (κ1) is 15.5. The van der Waals surface area contributed by atoms with Gasteiger partial charge in [0.15, 0.2) is 0 Å². The number of anilines is 1. The predicted octanol–water partition coefficient (Wildman–Crippen LogP) is 2.98. The van der Waals surface area contributed by atoms with Gasteiger partial charge in [-0.15, -0.1) is 11.3 Å². The molecule has 1 unspecified atom stereocenters. The quantitative estimate of drug-likeness (QED) is 0.861. The summed E-state index contributed by atoms with van der Waals surface area (Å²) >= 11 is 1.66. The Morgan fingerprint density at radius 3 is 3.00 bits per heavy atom. The van der Waals surface area contributed by atoms with E-state index >= 15 is 0 Å². The maximum Gasteiger partial charge on any atom is 0.320 e. The molecule has 2 N–H and O–H groups in total. The van der Waals surface area contributed by atoms with E-state index in [2.05, 4.69) is 34.6 Å². The number of carbonyl (C=O) groups is 1. The molecule has 114 valence electrons. The molecule has 0 saturated carbocycles. The van der Waals surface area contributed by atoms with Gasteiger partial charge in [0.25, 0.3) is 0 Å². The van der Waals surface area contributed by atoms with Crippen LogP contribution in [0.4, 0.5) is 10.6 Å². The van der Waals surface area contributed by atoms with Gasteiger partial charge in [0.2, 0.25) is 0 Å². The second-order valence-electron chi connectivity index (χ2n) is 4.98. The summed E-state index contributed by atoms with van der Waals surface area (Å²) in [4.78, 5) is 17.5. The third-order valence-corrected chi connectivity index (χ3v) is 4.17. The molecule has 0 aromatic carbocycles. The first-order valence-electron chi connectivity index (χ1n) is 7.09. The summed E-state index contributed by atoms with van der Waals surface area (Å²) in [7, 11) is 0. The van der Waals surface area contributed by atoms with Crippen LogP contribution in [0.3, 0.4) is 0 Å². The maximum absolute atomic E-state index is 11.9. The standard InChI is InChI=1S/C14H21N5OS/c1-4-7-19-12(5-6-17-19)18-14(20)16-8-10(2)13-15-9-11(3)21-13/h5-6,9-10H,4,7-8H2,1-3H3,(H2,16,18,20). The molecule has 6 nitrogen and oxygen atoms in total. The van der Waals surface area contributed by atoms with Crippen molar-refractivity contribution in [1.82, 2.24) is 20.1 Å². The topological polar surface area (TPSA) is 71.8 Å². The van der Waals surface area contributed by atoms with Crippen molar-refractivity contribution < 1.29 is 4.79 Å². The van der Waals surface area contributed by atoms with Crippen LogP contribution >= 0.6 is 11.3 Å². The molecule has 0 fully saturated rings. The zero-order chi connectivity index (χ0) is 15.2. The lowest BCUT2D eigenvalue weighted by atomic mass is 10.2. The molecule has 2 aromatic heterocycles. The molecule has 0 aliphatic carbocycles. The van der Waals surface area contributed by atoms with Crippen LogP contribution in [0.15, 0.2) is 18.5 Å². The van der Waals surface area contributed by atoms with E-state index in [0.717, 1.165) is 18.0 Å². The number of aryl methyl sites for hydroxylation is 2. The van der Waals surface area contributed by atoms with Crippen LogP contribution in [0.2, 0.25) is 0 Å². The Morgan fingerprint density at radius 2 is 2.33 bits per heavy atom. The number of hydrogen-bond acceptors (Lipinski definition) is 4. The van der Waals surface area contributed by atoms with Crippen molar-refractivity contribution in [3.8, 4) is 0 Å². The van der Waals surface area contributed by atoms with Gasteiger partial charge < -0.3 is 5.32 Å². The van der Waals surface area contributed by atoms with Gasteiger partial charge in [0.05, 0.1) is 11.2 Å². The average Bonchev–Trinajstić information content (AvgIpc) is 3.06. The van der Waals surface area contributed by atoms with Crippen LogP contribution in [0.5, 0.6) is 0 Å². The number of urea groups is 1. The average molecular weight is 307 g/mol. The molecule has 2 aromatic rings. The summed E-state index contributed by atoms with van der Waals surface area (Å²) in [5.74, 6) is 0.919. The van der Waals surface area contributed by atoms with Crippen LogP contribution in [-0.4, -0.2) is 27.3 Å². The Hall–Kier alpha value is -1.89. The molecule has 7 heteroatoms. The lowest BCUT2D eigenvalue weighted by Gasteiger charge is -2.12. The molecular weight excluding hydrogens is 286 g/mol. The van der Waals surface area contributed by atoms with Gasteiger partial charge >= 0.3 is 6.03 Å². The van der Waals surface area contributed by atoms with Gasteiger partial charge in [-0.2, -0.15) is 5.10 Å². The normalized spacial score (nSPS) is 12.1. The molecule has 0 aliphatic heterocycles. The molecule has 2 amide bonds. The highest BCUT2D eigenvalue weighted by Gasteiger charge is 2.12. The zero-order valence-corrected chi connectivity index (χ0v) is 13.4. The van der Waals surface area contributed by atoms with E-state index in [9.17, 15) is 4.79 Å². The summed E-state index contributed by atoms with van der Waals surface area (Å²) in [6.45, 7) is 7.50. The number of rotatable bonds is 6. The summed E-state index contributed by atoms with van der Waals surface area (Å²) in [5.41, 5.74) is 0. The van der Waals surface area contributed by atoms with Crippen molar-refractivity contribution >= 4 is 23.2 Å². The van der Waals surface area contributed by atoms with Crippen LogP contribution in [0.25, 0.3) is 0 Å². The van der Waals surface area contributed by atoms with Crippen molar-refractivity contribution in [2.24, 2.45) is 0 Å². The fourth-order valence-electron chi connectivity index (χ4n) is 1.92. The molecule has 0 radical (unpaired) electrons. The van der Waals surface area contributed by atoms with Gasteiger partial charge in [-0.25, -0.2) is 14.5 Å². The zero-order valence-electron chi connectivity index (χ0n) is 12.6. The molecule has 0 aliphatic rings. The van der Waals surface area contributed by atoms with Gasteiger partial charge in [-0.05, 0) is 13.3 Å². The summed E-state index contributed by atoms with van der Waals surface area (Å²) in [6.07, 6.45) is 4.52. The van der Waals surface area contributed by atoms with Gasteiger partial charge in [-0.3, -0.25) is 5.32 Å². The first-order chi connectivity index (χ1) is 10.1. The molecular formula is C14H21N5OS. The Morgan fingerprint density at radius 1 is 1.52 bits per heavy atom. The smallest absolute Gasteiger partial charge is 0.320 e. The van der Waals surface area contributed by atoms with Gasteiger partial charge in [0.1, 0.15) is 5.82 Å². The Kier molecular flexibility index (Phi) is 5.32. The summed E-state index contributed by atoms with van der Waals surface area (Å²) in [6, 6.07) is 1.58. The van der Waals surface area contributed by atoms with Crippen molar-refractivity contribution in [1.29, 1.82) is 0 Å². The number of aromatic nitrogens is 3. The van der Waals surface area contributed by atoms with E-state index in [4.69, 9.17) is 0 Å².